The van der Waals surface area contributed by atoms with Gasteiger partial charge in [0.15, 0.2) is 0 Å². The number of nitrogen functional groups attached to an aromatic ring is 1. The summed E-state index contributed by atoms with van der Waals surface area (Å²) >= 11 is 0. The Bertz CT molecular complexity index is 720. The normalized spacial score (nSPS) is 14.0. The van der Waals surface area contributed by atoms with Gasteiger partial charge >= 0.3 is 0 Å². The molecule has 27 heavy (non-hydrogen) atoms. The molecule has 1 heterocycles. The van der Waals surface area contributed by atoms with Gasteiger partial charge < -0.3 is 15.4 Å². The summed E-state index contributed by atoms with van der Waals surface area (Å²) in [7, 11) is 0. The van der Waals surface area contributed by atoms with Gasteiger partial charge in [-0.3, -0.25) is 9.69 Å². The van der Waals surface area contributed by atoms with E-state index in [9.17, 15) is 4.79 Å². The molecule has 5 nitrogen and oxygen atoms in total. The van der Waals surface area contributed by atoms with Gasteiger partial charge in [0.25, 0.3) is 5.91 Å². The number of ether oxygens (including phenoxy) is 1. The van der Waals surface area contributed by atoms with E-state index in [1.165, 1.54) is 0 Å². The minimum atomic E-state index is 0. The lowest BCUT2D eigenvalue weighted by atomic mass is 10.1. The fourth-order valence-electron chi connectivity index (χ4n) is 3.02. The first-order chi connectivity index (χ1) is 12.1. The molecule has 0 radical (unpaired) electrons. The van der Waals surface area contributed by atoms with Crippen LogP contribution in [0.15, 0.2) is 48.5 Å². The Morgan fingerprint density at radius 2 is 1.70 bits per heavy atom. The highest BCUT2D eigenvalue weighted by atomic mass is 35.5. The quantitative estimate of drug-likeness (QED) is 0.766. The van der Waals surface area contributed by atoms with Gasteiger partial charge in [0.05, 0.1) is 0 Å². The second-order valence-corrected chi connectivity index (χ2v) is 6.37. The molecule has 7 heteroatoms. The first-order valence-electron chi connectivity index (χ1n) is 8.69. The van der Waals surface area contributed by atoms with Crippen LogP contribution in [0.4, 0.5) is 5.69 Å². The molecule has 148 valence electrons. The van der Waals surface area contributed by atoms with E-state index in [4.69, 9.17) is 10.5 Å². The number of halogens is 2. The van der Waals surface area contributed by atoms with Crippen molar-refractivity contribution in [1.82, 2.24) is 9.80 Å². The largest absolute Gasteiger partial charge is 0.492 e. The maximum atomic E-state index is 12.7. The van der Waals surface area contributed by atoms with Crippen molar-refractivity contribution in [3.63, 3.8) is 0 Å². The lowest BCUT2D eigenvalue weighted by Gasteiger charge is -2.35. The molecule has 0 aliphatic carbocycles. The molecule has 2 aromatic rings. The predicted molar refractivity (Wildman–Crippen MR) is 114 cm³/mol. The van der Waals surface area contributed by atoms with Crippen LogP contribution in [-0.4, -0.2) is 55.0 Å². The number of para-hydroxylation sites is 1. The number of carbonyl (C=O) groups is 1. The van der Waals surface area contributed by atoms with Crippen LogP contribution >= 0.6 is 24.8 Å². The van der Waals surface area contributed by atoms with Crippen LogP contribution in [-0.2, 0) is 0 Å². The van der Waals surface area contributed by atoms with Crippen molar-refractivity contribution in [3.8, 4) is 5.75 Å². The highest BCUT2D eigenvalue weighted by Gasteiger charge is 2.23. The first kappa shape index (κ1) is 23.1. The van der Waals surface area contributed by atoms with E-state index in [-0.39, 0.29) is 30.7 Å². The summed E-state index contributed by atoms with van der Waals surface area (Å²) in [6.45, 7) is 6.68. The number of nitrogens with zero attached hydrogens (tertiary/aromatic N) is 2. The zero-order chi connectivity index (χ0) is 17.6. The van der Waals surface area contributed by atoms with E-state index in [0.29, 0.717) is 17.9 Å². The van der Waals surface area contributed by atoms with Gasteiger partial charge in [-0.2, -0.15) is 0 Å². The third-order valence-corrected chi connectivity index (χ3v) is 4.57. The molecule has 0 aromatic heterocycles. The van der Waals surface area contributed by atoms with Gasteiger partial charge in [0.2, 0.25) is 0 Å². The Labute approximate surface area is 173 Å². The Morgan fingerprint density at radius 3 is 2.37 bits per heavy atom. The van der Waals surface area contributed by atoms with Crippen molar-refractivity contribution in [2.45, 2.75) is 6.92 Å². The summed E-state index contributed by atoms with van der Waals surface area (Å²) in [5.74, 6) is 0.971. The second kappa shape index (κ2) is 11.0. The Morgan fingerprint density at radius 1 is 1.04 bits per heavy atom. The van der Waals surface area contributed by atoms with Crippen LogP contribution in [0.1, 0.15) is 15.9 Å². The van der Waals surface area contributed by atoms with Crippen molar-refractivity contribution in [2.75, 3.05) is 45.1 Å². The SMILES string of the molecule is Cc1ccc(N)cc1C(=O)N1CCN(CCOc2ccccc2)CC1.Cl.Cl. The molecule has 1 aliphatic rings. The summed E-state index contributed by atoms with van der Waals surface area (Å²) in [5, 5.41) is 0. The van der Waals surface area contributed by atoms with Gasteiger partial charge in [-0.25, -0.2) is 0 Å². The summed E-state index contributed by atoms with van der Waals surface area (Å²) in [5.41, 5.74) is 8.14. The number of carbonyl (C=O) groups excluding carboxylic acids is 1. The molecule has 1 saturated heterocycles. The second-order valence-electron chi connectivity index (χ2n) is 6.37. The third kappa shape index (κ3) is 6.31. The smallest absolute Gasteiger partial charge is 0.254 e. The number of amides is 1. The maximum Gasteiger partial charge on any atom is 0.254 e. The van der Waals surface area contributed by atoms with Gasteiger partial charge in [0.1, 0.15) is 12.4 Å². The molecule has 0 bridgehead atoms. The number of hydrogen-bond donors (Lipinski definition) is 1. The van der Waals surface area contributed by atoms with Gasteiger partial charge in [-0.05, 0) is 36.8 Å². The number of aryl methyl sites for hydroxylation is 1. The number of anilines is 1. The molecule has 0 saturated carbocycles. The fraction of sp³-hybridized carbons (Fsp3) is 0.350. The summed E-state index contributed by atoms with van der Waals surface area (Å²) in [6, 6.07) is 15.4. The molecule has 1 fully saturated rings. The number of benzene rings is 2. The molecule has 0 unspecified atom stereocenters. The van der Waals surface area contributed by atoms with Crippen molar-refractivity contribution in [2.24, 2.45) is 0 Å². The molecule has 0 spiro atoms. The predicted octanol–water partition coefficient (Wildman–Crippen LogP) is 3.26. The third-order valence-electron chi connectivity index (χ3n) is 4.57. The lowest BCUT2D eigenvalue weighted by molar-refractivity contribution is 0.0619. The zero-order valence-electron chi connectivity index (χ0n) is 15.5. The van der Waals surface area contributed by atoms with E-state index in [1.54, 1.807) is 6.07 Å². The minimum Gasteiger partial charge on any atom is -0.492 e. The Balaban J connectivity index is 0.00000182. The van der Waals surface area contributed by atoms with Crippen LogP contribution in [0.3, 0.4) is 0 Å². The van der Waals surface area contributed by atoms with Crippen molar-refractivity contribution in [1.29, 1.82) is 0 Å². The maximum absolute atomic E-state index is 12.7. The van der Waals surface area contributed by atoms with E-state index in [1.807, 2.05) is 54.3 Å². The van der Waals surface area contributed by atoms with Crippen LogP contribution in [0, 0.1) is 6.92 Å². The first-order valence-corrected chi connectivity index (χ1v) is 8.69. The number of nitrogens with two attached hydrogens (primary N) is 1. The zero-order valence-corrected chi connectivity index (χ0v) is 17.1. The molecule has 1 amide bonds. The average molecular weight is 412 g/mol. The van der Waals surface area contributed by atoms with Gasteiger partial charge in [0, 0.05) is 44.0 Å². The van der Waals surface area contributed by atoms with E-state index < -0.39 is 0 Å². The van der Waals surface area contributed by atoms with Crippen LogP contribution in [0.5, 0.6) is 5.75 Å². The van der Waals surface area contributed by atoms with Crippen molar-refractivity contribution >= 4 is 36.4 Å². The highest BCUT2D eigenvalue weighted by molar-refractivity contribution is 5.96. The molecule has 2 aromatic carbocycles. The summed E-state index contributed by atoms with van der Waals surface area (Å²) in [4.78, 5) is 17.0. The molecule has 1 aliphatic heterocycles. The average Bonchev–Trinajstić information content (AvgIpc) is 2.65. The highest BCUT2D eigenvalue weighted by Crippen LogP contribution is 2.16. The van der Waals surface area contributed by atoms with Crippen molar-refractivity contribution in [3.05, 3.63) is 59.7 Å². The van der Waals surface area contributed by atoms with Crippen molar-refractivity contribution < 1.29 is 9.53 Å². The van der Waals surface area contributed by atoms with Gasteiger partial charge in [-0.1, -0.05) is 24.3 Å². The molecular formula is C20H27Cl2N3O2. The van der Waals surface area contributed by atoms with Crippen LogP contribution in [0.25, 0.3) is 0 Å². The Hall–Kier alpha value is -1.95. The van der Waals surface area contributed by atoms with E-state index in [2.05, 4.69) is 4.90 Å². The summed E-state index contributed by atoms with van der Waals surface area (Å²) < 4.78 is 5.75. The fourth-order valence-corrected chi connectivity index (χ4v) is 3.02. The number of piperazine rings is 1. The topological polar surface area (TPSA) is 58.8 Å². The van der Waals surface area contributed by atoms with Crippen LogP contribution < -0.4 is 10.5 Å². The molecule has 0 atom stereocenters. The van der Waals surface area contributed by atoms with E-state index >= 15 is 0 Å². The summed E-state index contributed by atoms with van der Waals surface area (Å²) in [6.07, 6.45) is 0. The standard InChI is InChI=1S/C20H25N3O2.2ClH/c1-16-7-8-17(21)15-19(16)20(24)23-11-9-22(10-12-23)13-14-25-18-5-3-2-4-6-18;;/h2-8,15H,9-14,21H2,1H3;2*1H. The number of hydrogen-bond acceptors (Lipinski definition) is 4. The number of rotatable bonds is 5. The monoisotopic (exact) mass is 411 g/mol. The Kier molecular flexibility index (Phi) is 9.43. The molecule has 2 N–H and O–H groups in total. The van der Waals surface area contributed by atoms with Crippen LogP contribution in [0.2, 0.25) is 0 Å². The van der Waals surface area contributed by atoms with E-state index in [0.717, 1.165) is 44.0 Å². The molecule has 3 rings (SSSR count). The minimum absolute atomic E-state index is 0. The molecular weight excluding hydrogens is 385 g/mol. The lowest BCUT2D eigenvalue weighted by Crippen LogP contribution is -2.49. The van der Waals surface area contributed by atoms with Gasteiger partial charge in [-0.15, -0.1) is 24.8 Å².